The third kappa shape index (κ3) is 6.01. The third-order valence-electron chi connectivity index (χ3n) is 2.55. The summed E-state index contributed by atoms with van der Waals surface area (Å²) in [5.41, 5.74) is 0.382. The van der Waals surface area contributed by atoms with Gasteiger partial charge in [-0.1, -0.05) is 0 Å². The average Bonchev–Trinajstić information content (AvgIpc) is 2.45. The summed E-state index contributed by atoms with van der Waals surface area (Å²) in [6, 6.07) is 4.93. The van der Waals surface area contributed by atoms with E-state index in [-0.39, 0.29) is 31.8 Å². The van der Waals surface area contributed by atoms with Crippen LogP contribution in [0.25, 0.3) is 0 Å². The predicted molar refractivity (Wildman–Crippen MR) is 79.5 cm³/mol. The molecule has 0 aromatic heterocycles. The van der Waals surface area contributed by atoms with Crippen molar-refractivity contribution in [1.29, 1.82) is 0 Å². The number of methoxy groups -OCH3 is 1. The van der Waals surface area contributed by atoms with Gasteiger partial charge < -0.3 is 24.6 Å². The van der Waals surface area contributed by atoms with E-state index < -0.39 is 5.97 Å². The molecule has 122 valence electrons. The lowest BCUT2D eigenvalue weighted by molar-refractivity contribution is -0.142. The van der Waals surface area contributed by atoms with Gasteiger partial charge in [-0.3, -0.25) is 4.79 Å². The van der Waals surface area contributed by atoms with Crippen molar-refractivity contribution in [2.45, 2.75) is 20.0 Å². The van der Waals surface area contributed by atoms with Gasteiger partial charge in [-0.2, -0.15) is 0 Å². The molecule has 0 aliphatic heterocycles. The topological polar surface area (TPSA) is 94.1 Å². The van der Waals surface area contributed by atoms with E-state index in [1.165, 1.54) is 7.11 Å². The minimum absolute atomic E-state index is 0.0856. The number of hydrogen-bond acceptors (Lipinski definition) is 5. The Balaban J connectivity index is 2.65. The van der Waals surface area contributed by atoms with E-state index in [1.54, 1.807) is 18.2 Å². The third-order valence-corrected chi connectivity index (χ3v) is 2.55. The molecule has 0 bridgehead atoms. The molecule has 0 saturated heterocycles. The molecule has 0 spiro atoms. The van der Waals surface area contributed by atoms with Gasteiger partial charge in [0.2, 0.25) is 0 Å². The highest BCUT2D eigenvalue weighted by atomic mass is 16.5. The van der Waals surface area contributed by atoms with E-state index in [0.717, 1.165) is 0 Å². The second-order valence-electron chi connectivity index (χ2n) is 4.73. The maximum absolute atomic E-state index is 12.1. The van der Waals surface area contributed by atoms with E-state index >= 15 is 0 Å². The van der Waals surface area contributed by atoms with Crippen LogP contribution in [-0.2, 0) is 9.53 Å². The van der Waals surface area contributed by atoms with E-state index in [9.17, 15) is 9.59 Å². The molecule has 0 radical (unpaired) electrons. The first kappa shape index (κ1) is 17.8. The lowest BCUT2D eigenvalue weighted by Gasteiger charge is -2.15. The van der Waals surface area contributed by atoms with Crippen LogP contribution in [0.1, 0.15) is 24.2 Å². The highest BCUT2D eigenvalue weighted by Crippen LogP contribution is 2.25. The number of carboxylic acid groups (broad SMARTS) is 1. The summed E-state index contributed by atoms with van der Waals surface area (Å²) in [6.07, 6.45) is -0.0856. The summed E-state index contributed by atoms with van der Waals surface area (Å²) in [6.45, 7) is 3.66. The predicted octanol–water partition coefficient (Wildman–Crippen LogP) is 1.31. The Bertz CT molecular complexity index is 515. The lowest BCUT2D eigenvalue weighted by atomic mass is 10.1. The van der Waals surface area contributed by atoms with Crippen molar-refractivity contribution in [3.63, 3.8) is 0 Å². The van der Waals surface area contributed by atoms with E-state index in [0.29, 0.717) is 17.1 Å². The van der Waals surface area contributed by atoms with Crippen molar-refractivity contribution in [1.82, 2.24) is 5.32 Å². The molecule has 22 heavy (non-hydrogen) atoms. The molecule has 2 N–H and O–H groups in total. The van der Waals surface area contributed by atoms with Crippen LogP contribution in [0.15, 0.2) is 18.2 Å². The number of benzene rings is 1. The Hall–Kier alpha value is -2.28. The van der Waals surface area contributed by atoms with Crippen LogP contribution in [-0.4, -0.2) is 50.0 Å². The van der Waals surface area contributed by atoms with E-state index in [1.807, 2.05) is 13.8 Å². The van der Waals surface area contributed by atoms with Crippen molar-refractivity contribution in [2.24, 2.45) is 0 Å². The average molecular weight is 311 g/mol. The Morgan fingerprint density at radius 2 is 2.05 bits per heavy atom. The minimum atomic E-state index is -1.05. The second-order valence-corrected chi connectivity index (χ2v) is 4.73. The lowest BCUT2D eigenvalue weighted by Crippen LogP contribution is -2.28. The zero-order valence-corrected chi connectivity index (χ0v) is 12.9. The molecule has 0 fully saturated rings. The number of carbonyl (C=O) groups is 2. The van der Waals surface area contributed by atoms with Gasteiger partial charge in [0.05, 0.1) is 25.4 Å². The fraction of sp³-hybridized carbons (Fsp3) is 0.467. The molecule has 7 heteroatoms. The molecule has 0 heterocycles. The van der Waals surface area contributed by atoms with Gasteiger partial charge >= 0.3 is 5.97 Å². The smallest absolute Gasteiger partial charge is 0.329 e. The highest BCUT2D eigenvalue weighted by Gasteiger charge is 2.14. The summed E-state index contributed by atoms with van der Waals surface area (Å²) in [5.74, 6) is -0.346. The number of carboxylic acids is 1. The van der Waals surface area contributed by atoms with Gasteiger partial charge in [-0.05, 0) is 26.0 Å². The first-order valence-corrected chi connectivity index (χ1v) is 6.86. The van der Waals surface area contributed by atoms with Gasteiger partial charge in [0.15, 0.2) is 0 Å². The Kier molecular flexibility index (Phi) is 7.18. The number of hydrogen-bond donors (Lipinski definition) is 2. The number of carbonyl (C=O) groups excluding carboxylic acids is 1. The molecule has 1 aromatic rings. The number of rotatable bonds is 9. The van der Waals surface area contributed by atoms with Gasteiger partial charge in [0, 0.05) is 12.6 Å². The molecule has 1 rings (SSSR count). The fourth-order valence-electron chi connectivity index (χ4n) is 1.66. The molecule has 0 aliphatic rings. The van der Waals surface area contributed by atoms with Crippen molar-refractivity contribution in [3.8, 4) is 11.5 Å². The number of nitrogens with one attached hydrogen (secondary N) is 1. The summed E-state index contributed by atoms with van der Waals surface area (Å²) in [7, 11) is 1.54. The van der Waals surface area contributed by atoms with Crippen LogP contribution >= 0.6 is 0 Å². The molecule has 7 nitrogen and oxygen atoms in total. The van der Waals surface area contributed by atoms with Crippen molar-refractivity contribution in [3.05, 3.63) is 23.8 Å². The summed E-state index contributed by atoms with van der Waals surface area (Å²) < 4.78 is 15.6. The Labute approximate surface area is 129 Å². The summed E-state index contributed by atoms with van der Waals surface area (Å²) in [5, 5.41) is 11.1. The van der Waals surface area contributed by atoms with Gasteiger partial charge in [0.25, 0.3) is 5.91 Å². The standard InChI is InChI=1S/C15H21NO6/c1-10(2)22-13-8-11(20-3)4-5-12(13)15(19)16-6-7-21-9-14(17)18/h4-5,8,10H,6-7,9H2,1-3H3,(H,16,19)(H,17,18). The largest absolute Gasteiger partial charge is 0.497 e. The quantitative estimate of drug-likeness (QED) is 0.668. The van der Waals surface area contributed by atoms with Crippen LogP contribution in [0.5, 0.6) is 11.5 Å². The van der Waals surface area contributed by atoms with Crippen molar-refractivity contribution in [2.75, 3.05) is 26.9 Å². The summed E-state index contributed by atoms with van der Waals surface area (Å²) >= 11 is 0. The Morgan fingerprint density at radius 1 is 1.32 bits per heavy atom. The molecule has 0 atom stereocenters. The molecule has 0 aliphatic carbocycles. The van der Waals surface area contributed by atoms with Gasteiger partial charge in [-0.15, -0.1) is 0 Å². The highest BCUT2D eigenvalue weighted by molar-refractivity contribution is 5.97. The minimum Gasteiger partial charge on any atom is -0.497 e. The maximum Gasteiger partial charge on any atom is 0.329 e. The first-order chi connectivity index (χ1) is 10.4. The van der Waals surface area contributed by atoms with Crippen LogP contribution < -0.4 is 14.8 Å². The Morgan fingerprint density at radius 3 is 2.64 bits per heavy atom. The second kappa shape index (κ2) is 8.89. The molecule has 0 unspecified atom stereocenters. The van der Waals surface area contributed by atoms with Crippen LogP contribution in [0.3, 0.4) is 0 Å². The molecule has 1 aromatic carbocycles. The van der Waals surface area contributed by atoms with Gasteiger partial charge in [-0.25, -0.2) is 4.79 Å². The fourth-order valence-corrected chi connectivity index (χ4v) is 1.66. The van der Waals surface area contributed by atoms with E-state index in [4.69, 9.17) is 19.3 Å². The maximum atomic E-state index is 12.1. The zero-order chi connectivity index (χ0) is 16.5. The first-order valence-electron chi connectivity index (χ1n) is 6.86. The van der Waals surface area contributed by atoms with Gasteiger partial charge in [0.1, 0.15) is 18.1 Å². The number of aliphatic carboxylic acids is 1. The van der Waals surface area contributed by atoms with Crippen LogP contribution in [0.2, 0.25) is 0 Å². The van der Waals surface area contributed by atoms with Crippen LogP contribution in [0, 0.1) is 0 Å². The molecule has 0 saturated carbocycles. The van der Waals surface area contributed by atoms with E-state index in [2.05, 4.69) is 5.32 Å². The number of ether oxygens (including phenoxy) is 3. The molecular weight excluding hydrogens is 290 g/mol. The molecule has 1 amide bonds. The summed E-state index contributed by atoms with van der Waals surface area (Å²) in [4.78, 5) is 22.4. The van der Waals surface area contributed by atoms with Crippen molar-refractivity contribution < 1.29 is 28.9 Å². The normalized spacial score (nSPS) is 10.4. The zero-order valence-electron chi connectivity index (χ0n) is 12.9. The van der Waals surface area contributed by atoms with Crippen LogP contribution in [0.4, 0.5) is 0 Å². The monoisotopic (exact) mass is 311 g/mol. The van der Waals surface area contributed by atoms with Crippen molar-refractivity contribution >= 4 is 11.9 Å². The number of amides is 1. The SMILES string of the molecule is COc1ccc(C(=O)NCCOCC(=O)O)c(OC(C)C)c1. The molecular formula is C15H21NO6.